The Bertz CT molecular complexity index is 609. The first-order valence-electron chi connectivity index (χ1n) is 7.31. The average Bonchev–Trinajstić information content (AvgIpc) is 2.92. The number of hydrogen-bond donors (Lipinski definition) is 3. The first kappa shape index (κ1) is 16.5. The molecule has 1 aromatic heterocycles. The van der Waals surface area contributed by atoms with Gasteiger partial charge in [-0.15, -0.1) is 11.3 Å². The van der Waals surface area contributed by atoms with Crippen LogP contribution in [0, 0.1) is 6.92 Å². The monoisotopic (exact) mass is 319 g/mol. The second kappa shape index (κ2) is 7.91. The zero-order valence-corrected chi connectivity index (χ0v) is 13.6. The molecule has 22 heavy (non-hydrogen) atoms. The number of aliphatic hydroxyl groups excluding tert-OH is 1. The van der Waals surface area contributed by atoms with E-state index >= 15 is 0 Å². The van der Waals surface area contributed by atoms with Gasteiger partial charge in [0, 0.05) is 10.4 Å². The van der Waals surface area contributed by atoms with Gasteiger partial charge in [0.2, 0.25) is 0 Å². The Kier molecular flexibility index (Phi) is 5.91. The van der Waals surface area contributed by atoms with Crippen LogP contribution in [0.25, 0.3) is 10.6 Å². The number of nitrogens with one attached hydrogen (secondary N) is 2. The van der Waals surface area contributed by atoms with E-state index in [1.165, 1.54) is 0 Å². The van der Waals surface area contributed by atoms with Gasteiger partial charge >= 0.3 is 6.03 Å². The molecule has 0 spiro atoms. The van der Waals surface area contributed by atoms with Crippen molar-refractivity contribution in [2.45, 2.75) is 32.9 Å². The third kappa shape index (κ3) is 4.29. The molecule has 1 heterocycles. The van der Waals surface area contributed by atoms with Crippen LogP contribution in [0.4, 0.5) is 4.79 Å². The molecule has 5 nitrogen and oxygen atoms in total. The van der Waals surface area contributed by atoms with Gasteiger partial charge in [-0.05, 0) is 13.3 Å². The van der Waals surface area contributed by atoms with Crippen LogP contribution in [0.3, 0.4) is 0 Å². The van der Waals surface area contributed by atoms with Crippen molar-refractivity contribution >= 4 is 17.4 Å². The summed E-state index contributed by atoms with van der Waals surface area (Å²) in [7, 11) is 0. The van der Waals surface area contributed by atoms with Crippen LogP contribution in [-0.4, -0.2) is 28.8 Å². The molecule has 118 valence electrons. The van der Waals surface area contributed by atoms with E-state index in [1.54, 1.807) is 11.3 Å². The fourth-order valence-corrected chi connectivity index (χ4v) is 2.98. The highest BCUT2D eigenvalue weighted by molar-refractivity contribution is 7.15. The van der Waals surface area contributed by atoms with E-state index in [2.05, 4.69) is 15.6 Å². The summed E-state index contributed by atoms with van der Waals surface area (Å²) in [6, 6.07) is 9.51. The number of aliphatic hydroxyl groups is 1. The van der Waals surface area contributed by atoms with Gasteiger partial charge in [0.1, 0.15) is 5.01 Å². The minimum Gasteiger partial charge on any atom is -0.394 e. The summed E-state index contributed by atoms with van der Waals surface area (Å²) in [5.41, 5.74) is 2.01. The molecule has 2 amide bonds. The maximum atomic E-state index is 11.8. The van der Waals surface area contributed by atoms with E-state index in [4.69, 9.17) is 5.11 Å². The number of rotatable bonds is 6. The lowest BCUT2D eigenvalue weighted by atomic mass is 10.2. The molecule has 0 aliphatic heterocycles. The molecule has 1 atom stereocenters. The normalized spacial score (nSPS) is 12.0. The zero-order chi connectivity index (χ0) is 15.9. The summed E-state index contributed by atoms with van der Waals surface area (Å²) >= 11 is 1.58. The molecule has 2 aromatic rings. The predicted octanol–water partition coefficient (Wildman–Crippen LogP) is 2.69. The van der Waals surface area contributed by atoms with E-state index in [0.29, 0.717) is 13.0 Å². The van der Waals surface area contributed by atoms with Gasteiger partial charge < -0.3 is 15.7 Å². The van der Waals surface area contributed by atoms with Crippen LogP contribution < -0.4 is 10.6 Å². The van der Waals surface area contributed by atoms with Gasteiger partial charge in [-0.25, -0.2) is 9.78 Å². The van der Waals surface area contributed by atoms with E-state index in [9.17, 15) is 4.79 Å². The highest BCUT2D eigenvalue weighted by atomic mass is 32.1. The van der Waals surface area contributed by atoms with Crippen LogP contribution in [0.1, 0.15) is 23.9 Å². The number of nitrogens with zero attached hydrogens (tertiary/aromatic N) is 1. The molecule has 0 aliphatic rings. The number of carbonyl (C=O) groups excluding carboxylic acids is 1. The van der Waals surface area contributed by atoms with Crippen LogP contribution in [0.5, 0.6) is 0 Å². The third-order valence-electron chi connectivity index (χ3n) is 3.37. The average molecular weight is 319 g/mol. The maximum absolute atomic E-state index is 11.8. The number of carbonyl (C=O) groups is 1. The Morgan fingerprint density at radius 1 is 1.36 bits per heavy atom. The van der Waals surface area contributed by atoms with Crippen molar-refractivity contribution in [3.05, 3.63) is 40.9 Å². The minimum atomic E-state index is -0.269. The molecule has 3 N–H and O–H groups in total. The van der Waals surface area contributed by atoms with Crippen LogP contribution in [-0.2, 0) is 6.54 Å². The van der Waals surface area contributed by atoms with E-state index in [0.717, 1.165) is 21.1 Å². The summed E-state index contributed by atoms with van der Waals surface area (Å²) < 4.78 is 0. The van der Waals surface area contributed by atoms with Gasteiger partial charge in [-0.1, -0.05) is 37.3 Å². The number of amides is 2. The van der Waals surface area contributed by atoms with Gasteiger partial charge in [-0.3, -0.25) is 0 Å². The Labute approximate surface area is 134 Å². The first-order chi connectivity index (χ1) is 10.6. The number of hydrogen-bond acceptors (Lipinski definition) is 4. The summed E-state index contributed by atoms with van der Waals surface area (Å²) in [5, 5.41) is 15.6. The molecule has 0 aliphatic carbocycles. The number of thiazole rings is 1. The van der Waals surface area contributed by atoms with E-state index in [1.807, 2.05) is 44.2 Å². The number of benzene rings is 1. The fourth-order valence-electron chi connectivity index (χ4n) is 1.97. The third-order valence-corrected chi connectivity index (χ3v) is 4.58. The summed E-state index contributed by atoms with van der Waals surface area (Å²) in [6.45, 7) is 4.24. The van der Waals surface area contributed by atoms with E-state index in [-0.39, 0.29) is 18.7 Å². The highest BCUT2D eigenvalue weighted by Crippen LogP contribution is 2.27. The molecule has 0 radical (unpaired) electrons. The molecule has 6 heteroatoms. The standard InChI is InChI=1S/C16H21N3O2S/c1-3-13(10-20)19-16(21)17-9-14-11(2)18-15(22-14)12-7-5-4-6-8-12/h4-8,13,20H,3,9-10H2,1-2H3,(H2,17,19,21). The van der Waals surface area contributed by atoms with Crippen molar-refractivity contribution in [3.63, 3.8) is 0 Å². The van der Waals surface area contributed by atoms with Crippen molar-refractivity contribution in [1.29, 1.82) is 0 Å². The number of aromatic nitrogens is 1. The minimum absolute atomic E-state index is 0.0539. The van der Waals surface area contributed by atoms with Crippen molar-refractivity contribution in [2.24, 2.45) is 0 Å². The maximum Gasteiger partial charge on any atom is 0.315 e. The smallest absolute Gasteiger partial charge is 0.315 e. The first-order valence-corrected chi connectivity index (χ1v) is 8.12. The second-order valence-corrected chi connectivity index (χ2v) is 6.09. The molecule has 0 fully saturated rings. The zero-order valence-electron chi connectivity index (χ0n) is 12.8. The Balaban J connectivity index is 1.96. The quantitative estimate of drug-likeness (QED) is 0.766. The van der Waals surface area contributed by atoms with E-state index < -0.39 is 0 Å². The van der Waals surface area contributed by atoms with Crippen LogP contribution in [0.2, 0.25) is 0 Å². The van der Waals surface area contributed by atoms with Crippen molar-refractivity contribution in [2.75, 3.05) is 6.61 Å². The van der Waals surface area contributed by atoms with Crippen molar-refractivity contribution in [3.8, 4) is 10.6 Å². The summed E-state index contributed by atoms with van der Waals surface area (Å²) in [5.74, 6) is 0. The lowest BCUT2D eigenvalue weighted by molar-refractivity contribution is 0.214. The Morgan fingerprint density at radius 2 is 2.09 bits per heavy atom. The molecule has 1 unspecified atom stereocenters. The Hall–Kier alpha value is -1.92. The number of aryl methyl sites for hydroxylation is 1. The van der Waals surface area contributed by atoms with Crippen LogP contribution in [0.15, 0.2) is 30.3 Å². The fraction of sp³-hybridized carbons (Fsp3) is 0.375. The van der Waals surface area contributed by atoms with Gasteiger partial charge in [0.05, 0.1) is 24.9 Å². The molecular formula is C16H21N3O2S. The van der Waals surface area contributed by atoms with Crippen molar-refractivity contribution in [1.82, 2.24) is 15.6 Å². The summed E-state index contributed by atoms with van der Waals surface area (Å²) in [6.07, 6.45) is 0.696. The van der Waals surface area contributed by atoms with Gasteiger partial charge in [0.15, 0.2) is 0 Å². The lowest BCUT2D eigenvalue weighted by Crippen LogP contribution is -2.43. The molecule has 0 bridgehead atoms. The molecule has 0 saturated carbocycles. The van der Waals surface area contributed by atoms with Crippen molar-refractivity contribution < 1.29 is 9.90 Å². The topological polar surface area (TPSA) is 74.2 Å². The summed E-state index contributed by atoms with van der Waals surface area (Å²) in [4.78, 5) is 17.4. The lowest BCUT2D eigenvalue weighted by Gasteiger charge is -2.14. The molecular weight excluding hydrogens is 298 g/mol. The second-order valence-electron chi connectivity index (χ2n) is 5.01. The molecule has 0 saturated heterocycles. The van der Waals surface area contributed by atoms with Gasteiger partial charge in [0.25, 0.3) is 0 Å². The highest BCUT2D eigenvalue weighted by Gasteiger charge is 2.12. The SMILES string of the molecule is CCC(CO)NC(=O)NCc1sc(-c2ccccc2)nc1C. The molecule has 2 rings (SSSR count). The largest absolute Gasteiger partial charge is 0.394 e. The van der Waals surface area contributed by atoms with Gasteiger partial charge in [-0.2, -0.15) is 0 Å². The molecule has 1 aromatic carbocycles. The predicted molar refractivity (Wildman–Crippen MR) is 88.8 cm³/mol. The number of urea groups is 1. The van der Waals surface area contributed by atoms with Crippen LogP contribution >= 0.6 is 11.3 Å². The Morgan fingerprint density at radius 3 is 2.73 bits per heavy atom.